The molecule has 0 saturated heterocycles. The quantitative estimate of drug-likeness (QED) is 0.173. The van der Waals surface area contributed by atoms with Crippen LogP contribution >= 0.6 is 0 Å². The van der Waals surface area contributed by atoms with Crippen molar-refractivity contribution in [1.82, 2.24) is 29.7 Å². The molecule has 3 N–H and O–H groups in total. The molecule has 3 heterocycles. The highest BCUT2D eigenvalue weighted by Crippen LogP contribution is 2.30. The Morgan fingerprint density at radius 1 is 1.07 bits per heavy atom. The van der Waals surface area contributed by atoms with Gasteiger partial charge < -0.3 is 15.4 Å². The first kappa shape index (κ1) is 29.0. The van der Waals surface area contributed by atoms with Crippen molar-refractivity contribution < 1.29 is 17.9 Å². The van der Waals surface area contributed by atoms with Gasteiger partial charge in [-0.1, -0.05) is 37.3 Å². The zero-order valence-corrected chi connectivity index (χ0v) is 24.4. The summed E-state index contributed by atoms with van der Waals surface area (Å²) in [5.41, 5.74) is 5.28. The number of amides is 1. The largest absolute Gasteiger partial charge is 0.449 e. The minimum atomic E-state index is -3.00. The van der Waals surface area contributed by atoms with E-state index in [2.05, 4.69) is 43.3 Å². The van der Waals surface area contributed by atoms with Gasteiger partial charge in [0, 0.05) is 29.4 Å². The molecule has 0 aliphatic carbocycles. The maximum atomic E-state index is 12.5. The lowest BCUT2D eigenvalue weighted by Gasteiger charge is -2.10. The Morgan fingerprint density at radius 3 is 2.69 bits per heavy atom. The number of nitrogens with zero attached hydrogens (tertiary/aromatic N) is 5. The van der Waals surface area contributed by atoms with Gasteiger partial charge in [0.15, 0.2) is 5.82 Å². The highest BCUT2D eigenvalue weighted by molar-refractivity contribution is 7.90. The lowest BCUT2D eigenvalue weighted by atomic mass is 10.2. The van der Waals surface area contributed by atoms with E-state index in [4.69, 9.17) is 4.74 Å². The van der Waals surface area contributed by atoms with Gasteiger partial charge in [-0.2, -0.15) is 10.2 Å². The summed E-state index contributed by atoms with van der Waals surface area (Å²) in [5.74, 6) is 0.684. The number of anilines is 3. The standard InChI is InChI=1S/C29H34N8O4S/c1-3-24-25(35-29(38)41-14-7-12-30-13-15-42(2,39)40)19-37-27(24)28(31-20-33-37)34-23-10-11-26-22(16-23)17-32-36(26)18-21-8-5-4-6-9-21/h4-6,8-11,16-17,19-20,30H,3,7,12-15,18H2,1-2H3,(H,35,38)(H,31,33,34). The number of aromatic nitrogens is 5. The average molecular weight is 591 g/mol. The zero-order valence-electron chi connectivity index (χ0n) is 23.6. The molecule has 3 aromatic heterocycles. The molecule has 220 valence electrons. The van der Waals surface area contributed by atoms with Crippen LogP contribution in [0, 0.1) is 0 Å². The summed E-state index contributed by atoms with van der Waals surface area (Å²) in [6, 6.07) is 16.3. The number of fused-ring (bicyclic) bond motifs is 2. The van der Waals surface area contributed by atoms with E-state index in [1.165, 1.54) is 18.1 Å². The van der Waals surface area contributed by atoms with Crippen LogP contribution in [0.3, 0.4) is 0 Å². The SMILES string of the molecule is CCc1c(NC(=O)OCCCNCCS(C)(=O)=O)cn2ncnc(Nc3ccc4c(cnn4Cc4ccccc4)c3)c12. The number of carbonyl (C=O) groups excluding carboxylic acids is 1. The molecule has 13 heteroatoms. The summed E-state index contributed by atoms with van der Waals surface area (Å²) < 4.78 is 31.3. The molecule has 0 saturated carbocycles. The van der Waals surface area contributed by atoms with E-state index in [-0.39, 0.29) is 12.4 Å². The molecule has 42 heavy (non-hydrogen) atoms. The fraction of sp³-hybridized carbons (Fsp3) is 0.310. The summed E-state index contributed by atoms with van der Waals surface area (Å²) in [5, 5.41) is 19.2. The third-order valence-corrected chi connectivity index (χ3v) is 7.68. The molecule has 0 spiro atoms. The Kier molecular flexibility index (Phi) is 8.98. The van der Waals surface area contributed by atoms with Crippen molar-refractivity contribution in [3.05, 3.63) is 78.4 Å². The summed E-state index contributed by atoms with van der Waals surface area (Å²) in [4.78, 5) is 17.0. The zero-order chi connectivity index (χ0) is 29.5. The molecule has 0 bridgehead atoms. The molecule has 0 aliphatic heterocycles. The number of aryl methyl sites for hydroxylation is 1. The Morgan fingerprint density at radius 2 is 1.90 bits per heavy atom. The second-order valence-electron chi connectivity index (χ2n) is 9.96. The van der Waals surface area contributed by atoms with E-state index < -0.39 is 15.9 Å². The van der Waals surface area contributed by atoms with Gasteiger partial charge in [-0.15, -0.1) is 0 Å². The van der Waals surface area contributed by atoms with Crippen LogP contribution in [0.5, 0.6) is 0 Å². The first-order valence-corrected chi connectivity index (χ1v) is 15.8. The van der Waals surface area contributed by atoms with E-state index in [0.29, 0.717) is 44.0 Å². The number of hydrogen-bond acceptors (Lipinski definition) is 9. The number of sulfone groups is 1. The normalized spacial score (nSPS) is 11.7. The predicted molar refractivity (Wildman–Crippen MR) is 163 cm³/mol. The molecule has 0 radical (unpaired) electrons. The molecule has 0 fully saturated rings. The molecule has 5 aromatic rings. The van der Waals surface area contributed by atoms with Crippen molar-refractivity contribution in [2.45, 2.75) is 26.3 Å². The molecule has 12 nitrogen and oxygen atoms in total. The van der Waals surface area contributed by atoms with Crippen LogP contribution in [-0.4, -0.2) is 70.6 Å². The van der Waals surface area contributed by atoms with E-state index in [1.54, 1.807) is 10.7 Å². The van der Waals surface area contributed by atoms with Crippen LogP contribution in [0.15, 0.2) is 67.3 Å². The summed E-state index contributed by atoms with van der Waals surface area (Å²) in [7, 11) is -3.00. The molecule has 1 amide bonds. The van der Waals surface area contributed by atoms with Crippen molar-refractivity contribution in [1.29, 1.82) is 0 Å². The summed E-state index contributed by atoms with van der Waals surface area (Å²) in [6.07, 6.45) is 6.88. The number of carbonyl (C=O) groups is 1. The number of rotatable bonds is 13. The maximum Gasteiger partial charge on any atom is 0.411 e. The summed E-state index contributed by atoms with van der Waals surface area (Å²) >= 11 is 0. The highest BCUT2D eigenvalue weighted by atomic mass is 32.2. The molecule has 2 aromatic carbocycles. The molecular weight excluding hydrogens is 556 g/mol. The van der Waals surface area contributed by atoms with Gasteiger partial charge in [-0.3, -0.25) is 10.00 Å². The second kappa shape index (κ2) is 13.0. The minimum absolute atomic E-state index is 0.0736. The van der Waals surface area contributed by atoms with Crippen LogP contribution in [0.1, 0.15) is 24.5 Å². The molecule has 0 unspecified atom stereocenters. The topological polar surface area (TPSA) is 145 Å². The number of ether oxygens (including phenoxy) is 1. The molecule has 0 atom stereocenters. The minimum Gasteiger partial charge on any atom is -0.449 e. The number of nitrogens with one attached hydrogen (secondary N) is 3. The molecule has 5 rings (SSSR count). The van der Waals surface area contributed by atoms with E-state index >= 15 is 0 Å². The average Bonchev–Trinajstić information content (AvgIpc) is 3.53. The van der Waals surface area contributed by atoms with Crippen molar-refractivity contribution in [2.75, 3.05) is 42.3 Å². The number of benzene rings is 2. The van der Waals surface area contributed by atoms with Gasteiger partial charge in [0.1, 0.15) is 21.7 Å². The van der Waals surface area contributed by atoms with Crippen molar-refractivity contribution in [2.24, 2.45) is 0 Å². The van der Waals surface area contributed by atoms with Crippen molar-refractivity contribution in [3.8, 4) is 0 Å². The maximum absolute atomic E-state index is 12.5. The number of hydrogen-bond donors (Lipinski definition) is 3. The third kappa shape index (κ3) is 7.22. The monoisotopic (exact) mass is 590 g/mol. The fourth-order valence-corrected chi connectivity index (χ4v) is 5.22. The van der Waals surface area contributed by atoms with Crippen LogP contribution in [0.2, 0.25) is 0 Å². The van der Waals surface area contributed by atoms with Gasteiger partial charge in [-0.05, 0) is 43.1 Å². The highest BCUT2D eigenvalue weighted by Gasteiger charge is 2.17. The van der Waals surface area contributed by atoms with E-state index in [9.17, 15) is 13.2 Å². The smallest absolute Gasteiger partial charge is 0.411 e. The van der Waals surface area contributed by atoms with Gasteiger partial charge in [-0.25, -0.2) is 22.7 Å². The van der Waals surface area contributed by atoms with Crippen LogP contribution in [-0.2, 0) is 27.5 Å². The lowest BCUT2D eigenvalue weighted by molar-refractivity contribution is 0.160. The Bertz CT molecular complexity index is 1780. The second-order valence-corrected chi connectivity index (χ2v) is 12.2. The Balaban J connectivity index is 1.24. The van der Waals surface area contributed by atoms with Gasteiger partial charge >= 0.3 is 6.09 Å². The van der Waals surface area contributed by atoms with Crippen LogP contribution in [0.4, 0.5) is 22.0 Å². The Hall–Kier alpha value is -4.49. The fourth-order valence-electron chi connectivity index (χ4n) is 4.71. The Labute approximate surface area is 244 Å². The predicted octanol–water partition coefficient (Wildman–Crippen LogP) is 4.01. The third-order valence-electron chi connectivity index (χ3n) is 6.73. The molecular formula is C29H34N8O4S. The van der Waals surface area contributed by atoms with Crippen molar-refractivity contribution >= 4 is 49.5 Å². The van der Waals surface area contributed by atoms with E-state index in [0.717, 1.165) is 27.7 Å². The van der Waals surface area contributed by atoms with Gasteiger partial charge in [0.05, 0.1) is 42.5 Å². The molecule has 0 aliphatic rings. The lowest BCUT2D eigenvalue weighted by Crippen LogP contribution is -2.24. The van der Waals surface area contributed by atoms with Gasteiger partial charge in [0.2, 0.25) is 0 Å². The van der Waals surface area contributed by atoms with Crippen LogP contribution < -0.4 is 16.0 Å². The van der Waals surface area contributed by atoms with Gasteiger partial charge in [0.25, 0.3) is 0 Å². The van der Waals surface area contributed by atoms with E-state index in [1.807, 2.05) is 54.2 Å². The first-order valence-electron chi connectivity index (χ1n) is 13.7. The van der Waals surface area contributed by atoms with Crippen molar-refractivity contribution in [3.63, 3.8) is 0 Å². The van der Waals surface area contributed by atoms with Crippen LogP contribution in [0.25, 0.3) is 16.4 Å². The first-order chi connectivity index (χ1) is 20.3. The summed E-state index contributed by atoms with van der Waals surface area (Å²) in [6.45, 7) is 3.80.